The quantitative estimate of drug-likeness (QED) is 0.795. The van der Waals surface area contributed by atoms with Crippen molar-refractivity contribution in [2.75, 3.05) is 12.3 Å². The molecule has 0 saturated carbocycles. The molecule has 0 radical (unpaired) electrons. The van der Waals surface area contributed by atoms with E-state index in [-0.39, 0.29) is 12.5 Å². The normalized spacial score (nSPS) is 12.1. The van der Waals surface area contributed by atoms with E-state index in [0.717, 1.165) is 15.9 Å². The van der Waals surface area contributed by atoms with E-state index in [1.807, 2.05) is 27.8 Å². The van der Waals surface area contributed by atoms with Gasteiger partial charge < -0.3 is 16.2 Å². The predicted molar refractivity (Wildman–Crippen MR) is 81.0 cm³/mol. The number of nitrogen functional groups attached to an aromatic ring is 1. The molecule has 0 unspecified atom stereocenters. The zero-order valence-corrected chi connectivity index (χ0v) is 13.0. The molecule has 2 heterocycles. The Labute approximate surface area is 121 Å². The van der Waals surface area contributed by atoms with Crippen LogP contribution in [0.3, 0.4) is 0 Å². The third-order valence-electron chi connectivity index (χ3n) is 3.28. The number of hydrogen-bond acceptors (Lipinski definition) is 5. The Bertz CT molecular complexity index is 657. The molecule has 20 heavy (non-hydrogen) atoms. The fourth-order valence-corrected chi connectivity index (χ4v) is 3.29. The van der Waals surface area contributed by atoms with E-state index in [4.69, 9.17) is 10.8 Å². The van der Waals surface area contributed by atoms with Crippen LogP contribution in [0.15, 0.2) is 0 Å². The lowest BCUT2D eigenvalue weighted by Gasteiger charge is -2.25. The van der Waals surface area contributed by atoms with Crippen LogP contribution in [-0.2, 0) is 7.05 Å². The molecule has 0 aromatic carbocycles. The summed E-state index contributed by atoms with van der Waals surface area (Å²) < 4.78 is 1.74. The molecule has 7 heteroatoms. The molecule has 0 spiro atoms. The van der Waals surface area contributed by atoms with Crippen LogP contribution in [0.5, 0.6) is 0 Å². The molecule has 1 amide bonds. The van der Waals surface area contributed by atoms with Gasteiger partial charge in [0.1, 0.15) is 9.71 Å². The van der Waals surface area contributed by atoms with Gasteiger partial charge in [0.05, 0.1) is 16.8 Å². The van der Waals surface area contributed by atoms with Crippen molar-refractivity contribution < 1.29 is 9.90 Å². The van der Waals surface area contributed by atoms with Gasteiger partial charge in [-0.3, -0.25) is 9.48 Å². The Balaban J connectivity index is 2.36. The van der Waals surface area contributed by atoms with E-state index in [1.54, 1.807) is 4.68 Å². The lowest BCUT2D eigenvalue weighted by Crippen LogP contribution is -2.43. The highest BCUT2D eigenvalue weighted by Gasteiger charge is 2.25. The zero-order chi connectivity index (χ0) is 15.1. The van der Waals surface area contributed by atoms with Crippen molar-refractivity contribution in [3.05, 3.63) is 10.6 Å². The summed E-state index contributed by atoms with van der Waals surface area (Å²) in [4.78, 5) is 13.7. The molecule has 0 fully saturated rings. The first kappa shape index (κ1) is 14.8. The molecule has 4 N–H and O–H groups in total. The molecule has 2 aromatic heterocycles. The van der Waals surface area contributed by atoms with E-state index in [0.29, 0.717) is 17.0 Å². The van der Waals surface area contributed by atoms with Crippen molar-refractivity contribution in [1.82, 2.24) is 15.1 Å². The Morgan fingerprint density at radius 2 is 2.20 bits per heavy atom. The van der Waals surface area contributed by atoms with Crippen LogP contribution >= 0.6 is 11.3 Å². The number of anilines is 1. The van der Waals surface area contributed by atoms with Gasteiger partial charge in [-0.25, -0.2) is 0 Å². The number of amides is 1. The zero-order valence-electron chi connectivity index (χ0n) is 12.1. The average Bonchev–Trinajstić information content (AvgIpc) is 2.78. The Morgan fingerprint density at radius 3 is 2.75 bits per heavy atom. The maximum Gasteiger partial charge on any atom is 0.263 e. The summed E-state index contributed by atoms with van der Waals surface area (Å²) in [5.74, 6) is -0.207. The molecule has 0 saturated heterocycles. The summed E-state index contributed by atoms with van der Waals surface area (Å²) in [5.41, 5.74) is 6.93. The number of thiophene rings is 1. The minimum atomic E-state index is -0.470. The largest absolute Gasteiger partial charge is 0.397 e. The van der Waals surface area contributed by atoms with Crippen LogP contribution in [0.4, 0.5) is 5.69 Å². The van der Waals surface area contributed by atoms with Crippen LogP contribution in [0.2, 0.25) is 0 Å². The third-order valence-corrected chi connectivity index (χ3v) is 4.55. The lowest BCUT2D eigenvalue weighted by molar-refractivity contribution is 0.0904. The van der Waals surface area contributed by atoms with Gasteiger partial charge in [-0.05, 0) is 27.2 Å². The van der Waals surface area contributed by atoms with Crippen LogP contribution in [0, 0.1) is 6.92 Å². The highest BCUT2D eigenvalue weighted by Crippen LogP contribution is 2.35. The van der Waals surface area contributed by atoms with E-state index in [1.165, 1.54) is 11.3 Å². The molecule has 0 atom stereocenters. The number of carbonyl (C=O) groups is 1. The number of rotatable bonds is 4. The Hall–Kier alpha value is -1.60. The Kier molecular flexibility index (Phi) is 3.75. The first-order valence-electron chi connectivity index (χ1n) is 6.42. The number of carbonyl (C=O) groups excluding carboxylic acids is 1. The fourth-order valence-electron chi connectivity index (χ4n) is 2.20. The SMILES string of the molecule is Cc1nn(C)c2sc(C(=O)NC(C)(C)CCO)c(N)c12. The topological polar surface area (TPSA) is 93.2 Å². The van der Waals surface area contributed by atoms with Gasteiger partial charge in [0, 0.05) is 19.2 Å². The highest BCUT2D eigenvalue weighted by molar-refractivity contribution is 7.21. The van der Waals surface area contributed by atoms with E-state index >= 15 is 0 Å². The molecular weight excluding hydrogens is 276 g/mol. The molecule has 110 valence electrons. The average molecular weight is 296 g/mol. The smallest absolute Gasteiger partial charge is 0.263 e. The van der Waals surface area contributed by atoms with Crippen molar-refractivity contribution in [1.29, 1.82) is 0 Å². The van der Waals surface area contributed by atoms with E-state index < -0.39 is 5.54 Å². The van der Waals surface area contributed by atoms with E-state index in [9.17, 15) is 4.79 Å². The molecule has 2 aromatic rings. The van der Waals surface area contributed by atoms with Gasteiger partial charge in [-0.15, -0.1) is 11.3 Å². The van der Waals surface area contributed by atoms with Gasteiger partial charge in [0.25, 0.3) is 5.91 Å². The van der Waals surface area contributed by atoms with E-state index in [2.05, 4.69) is 10.4 Å². The van der Waals surface area contributed by atoms with Crippen LogP contribution in [0.1, 0.15) is 35.6 Å². The van der Waals surface area contributed by atoms with Crippen molar-refractivity contribution in [3.63, 3.8) is 0 Å². The van der Waals surface area contributed by atoms with Crippen LogP contribution < -0.4 is 11.1 Å². The maximum absolute atomic E-state index is 12.4. The standard InChI is InChI=1S/C13H20N4O2S/c1-7-8-9(14)10(20-12(8)17(4)16-7)11(19)15-13(2,3)5-6-18/h18H,5-6,14H2,1-4H3,(H,15,19). The van der Waals surface area contributed by atoms with Crippen molar-refractivity contribution in [3.8, 4) is 0 Å². The minimum absolute atomic E-state index is 0.0260. The molecule has 2 rings (SSSR count). The van der Waals surface area contributed by atoms with Gasteiger partial charge >= 0.3 is 0 Å². The monoisotopic (exact) mass is 296 g/mol. The lowest BCUT2D eigenvalue weighted by atomic mass is 10.0. The minimum Gasteiger partial charge on any atom is -0.397 e. The fraction of sp³-hybridized carbons (Fsp3) is 0.538. The van der Waals surface area contributed by atoms with Crippen molar-refractivity contribution >= 4 is 33.1 Å². The number of fused-ring (bicyclic) bond motifs is 1. The molecule has 0 bridgehead atoms. The second-order valence-corrected chi connectivity index (χ2v) is 6.54. The highest BCUT2D eigenvalue weighted by atomic mass is 32.1. The number of aliphatic hydroxyl groups excluding tert-OH is 1. The number of aliphatic hydroxyl groups is 1. The maximum atomic E-state index is 12.4. The molecule has 0 aliphatic carbocycles. The molecule has 0 aliphatic rings. The summed E-state index contributed by atoms with van der Waals surface area (Å²) >= 11 is 1.34. The number of nitrogens with two attached hydrogens (primary N) is 1. The first-order chi connectivity index (χ1) is 9.26. The summed E-state index contributed by atoms with van der Waals surface area (Å²) in [6.45, 7) is 5.65. The number of nitrogens with zero attached hydrogens (tertiary/aromatic N) is 2. The predicted octanol–water partition coefficient (Wildman–Crippen LogP) is 1.42. The number of aryl methyl sites for hydroxylation is 2. The van der Waals surface area contributed by atoms with Crippen molar-refractivity contribution in [2.45, 2.75) is 32.7 Å². The molecule has 0 aliphatic heterocycles. The number of aromatic nitrogens is 2. The second kappa shape index (κ2) is 5.06. The second-order valence-electron chi connectivity index (χ2n) is 5.55. The van der Waals surface area contributed by atoms with Crippen LogP contribution in [0.25, 0.3) is 10.2 Å². The first-order valence-corrected chi connectivity index (χ1v) is 7.23. The summed E-state index contributed by atoms with van der Waals surface area (Å²) in [5, 5.41) is 17.1. The Morgan fingerprint density at radius 1 is 1.55 bits per heavy atom. The van der Waals surface area contributed by atoms with Gasteiger partial charge in [-0.2, -0.15) is 5.10 Å². The van der Waals surface area contributed by atoms with Gasteiger partial charge in [0.15, 0.2) is 0 Å². The number of hydrogen-bond donors (Lipinski definition) is 3. The summed E-state index contributed by atoms with van der Waals surface area (Å²) in [6, 6.07) is 0. The third kappa shape index (κ3) is 2.51. The van der Waals surface area contributed by atoms with Crippen LogP contribution in [-0.4, -0.2) is 32.9 Å². The summed E-state index contributed by atoms with van der Waals surface area (Å²) in [6.07, 6.45) is 0.490. The molecular formula is C13H20N4O2S. The van der Waals surface area contributed by atoms with Gasteiger partial charge in [-0.1, -0.05) is 0 Å². The molecule has 6 nitrogen and oxygen atoms in total. The number of nitrogens with one attached hydrogen (secondary N) is 1. The summed E-state index contributed by atoms with van der Waals surface area (Å²) in [7, 11) is 1.84. The van der Waals surface area contributed by atoms with Gasteiger partial charge in [0.2, 0.25) is 0 Å². The van der Waals surface area contributed by atoms with Crippen molar-refractivity contribution in [2.24, 2.45) is 7.05 Å².